The Kier molecular flexibility index (Phi) is 3.99. The second-order valence-electron chi connectivity index (χ2n) is 3.45. The van der Waals surface area contributed by atoms with Gasteiger partial charge in [-0.25, -0.2) is 4.39 Å². The Morgan fingerprint density at radius 3 is 2.72 bits per heavy atom. The average Bonchev–Trinajstić information content (AvgIpc) is 2.34. The monoisotopic (exact) mass is 328 g/mol. The van der Waals surface area contributed by atoms with Gasteiger partial charge in [-0.3, -0.25) is 4.79 Å². The summed E-state index contributed by atoms with van der Waals surface area (Å²) in [6, 6.07) is 8.99. The highest BCUT2D eigenvalue weighted by molar-refractivity contribution is 9.10. The van der Waals surface area contributed by atoms with Gasteiger partial charge < -0.3 is 4.74 Å². The number of aldehydes is 1. The summed E-state index contributed by atoms with van der Waals surface area (Å²) in [6.45, 7) is 0. The number of para-hydroxylation sites is 1. The number of halogens is 3. The number of hydrogen-bond donors (Lipinski definition) is 0. The molecule has 18 heavy (non-hydrogen) atoms. The lowest BCUT2D eigenvalue weighted by Gasteiger charge is -2.10. The van der Waals surface area contributed by atoms with E-state index in [1.807, 2.05) is 0 Å². The van der Waals surface area contributed by atoms with Crippen molar-refractivity contribution in [2.45, 2.75) is 0 Å². The third-order valence-electron chi connectivity index (χ3n) is 2.23. The number of carbonyl (C=O) groups is 1. The summed E-state index contributed by atoms with van der Waals surface area (Å²) in [6.07, 6.45) is 0.544. The van der Waals surface area contributed by atoms with Gasteiger partial charge in [0.2, 0.25) is 0 Å². The fourth-order valence-corrected chi connectivity index (χ4v) is 2.16. The van der Waals surface area contributed by atoms with Gasteiger partial charge in [0.1, 0.15) is 5.75 Å². The molecule has 2 aromatic carbocycles. The quantitative estimate of drug-likeness (QED) is 0.753. The molecule has 0 aliphatic heterocycles. The molecule has 0 heterocycles. The number of hydrogen-bond acceptors (Lipinski definition) is 2. The Bertz CT molecular complexity index is 602. The number of carbonyl (C=O) groups excluding carboxylic acids is 1. The fourth-order valence-electron chi connectivity index (χ4n) is 1.39. The SMILES string of the molecule is O=Cc1cccc(F)c1Oc1ccc(Cl)cc1Br. The van der Waals surface area contributed by atoms with Crippen LogP contribution in [0.15, 0.2) is 40.9 Å². The summed E-state index contributed by atoms with van der Waals surface area (Å²) in [4.78, 5) is 10.8. The Morgan fingerprint density at radius 2 is 2.06 bits per heavy atom. The van der Waals surface area contributed by atoms with Crippen LogP contribution in [0.25, 0.3) is 0 Å². The highest BCUT2D eigenvalue weighted by atomic mass is 79.9. The van der Waals surface area contributed by atoms with Gasteiger partial charge >= 0.3 is 0 Å². The highest BCUT2D eigenvalue weighted by Crippen LogP contribution is 2.34. The van der Waals surface area contributed by atoms with Gasteiger partial charge in [-0.05, 0) is 46.3 Å². The van der Waals surface area contributed by atoms with Gasteiger partial charge in [-0.1, -0.05) is 17.7 Å². The average molecular weight is 330 g/mol. The normalized spacial score (nSPS) is 10.2. The maximum Gasteiger partial charge on any atom is 0.173 e. The molecule has 2 aromatic rings. The molecule has 2 nitrogen and oxygen atoms in total. The molecule has 0 unspecified atom stereocenters. The zero-order valence-electron chi connectivity index (χ0n) is 8.99. The smallest absolute Gasteiger partial charge is 0.173 e. The highest BCUT2D eigenvalue weighted by Gasteiger charge is 2.12. The zero-order chi connectivity index (χ0) is 13.1. The zero-order valence-corrected chi connectivity index (χ0v) is 11.3. The van der Waals surface area contributed by atoms with E-state index in [1.54, 1.807) is 18.2 Å². The van der Waals surface area contributed by atoms with Gasteiger partial charge in [0, 0.05) is 5.02 Å². The van der Waals surface area contributed by atoms with Crippen molar-refractivity contribution in [3.63, 3.8) is 0 Å². The van der Waals surface area contributed by atoms with Crippen LogP contribution in [0.5, 0.6) is 11.5 Å². The van der Waals surface area contributed by atoms with E-state index >= 15 is 0 Å². The second-order valence-corrected chi connectivity index (χ2v) is 4.74. The first-order valence-corrected chi connectivity index (χ1v) is 6.15. The third-order valence-corrected chi connectivity index (χ3v) is 3.09. The summed E-state index contributed by atoms with van der Waals surface area (Å²) in [7, 11) is 0. The van der Waals surface area contributed by atoms with Crippen molar-refractivity contribution in [3.05, 3.63) is 57.3 Å². The van der Waals surface area contributed by atoms with Crippen LogP contribution in [0.4, 0.5) is 4.39 Å². The van der Waals surface area contributed by atoms with Crippen LogP contribution in [0.3, 0.4) is 0 Å². The minimum absolute atomic E-state index is 0.101. The van der Waals surface area contributed by atoms with Crippen LogP contribution in [0.1, 0.15) is 10.4 Å². The summed E-state index contributed by atoms with van der Waals surface area (Å²) >= 11 is 9.05. The fraction of sp³-hybridized carbons (Fsp3) is 0. The molecule has 5 heteroatoms. The molecule has 0 fully saturated rings. The molecule has 0 saturated heterocycles. The standard InChI is InChI=1S/C13H7BrClFO2/c14-10-6-9(15)4-5-12(10)18-13-8(7-17)2-1-3-11(13)16/h1-7H. The molecule has 0 aliphatic rings. The maximum atomic E-state index is 13.6. The minimum Gasteiger partial charge on any atom is -0.452 e. The van der Waals surface area contributed by atoms with Gasteiger partial charge in [0.15, 0.2) is 17.9 Å². The molecule has 92 valence electrons. The van der Waals surface area contributed by atoms with Gasteiger partial charge in [0.05, 0.1) is 10.0 Å². The lowest BCUT2D eigenvalue weighted by Crippen LogP contribution is -1.94. The molecule has 0 bridgehead atoms. The Labute approximate surface area is 116 Å². The second kappa shape index (κ2) is 5.50. The number of benzene rings is 2. The predicted molar refractivity (Wildman–Crippen MR) is 71.0 cm³/mol. The van der Waals surface area contributed by atoms with Crippen molar-refractivity contribution >= 4 is 33.8 Å². The molecule has 0 aromatic heterocycles. The van der Waals surface area contributed by atoms with Crippen molar-refractivity contribution in [3.8, 4) is 11.5 Å². The van der Waals surface area contributed by atoms with Crippen molar-refractivity contribution in [2.24, 2.45) is 0 Å². The van der Waals surface area contributed by atoms with Crippen LogP contribution >= 0.6 is 27.5 Å². The van der Waals surface area contributed by atoms with E-state index in [9.17, 15) is 9.18 Å². The molecule has 2 rings (SSSR count). The molecule has 0 amide bonds. The minimum atomic E-state index is -0.596. The van der Waals surface area contributed by atoms with E-state index in [1.165, 1.54) is 18.2 Å². The molecule has 0 radical (unpaired) electrons. The van der Waals surface area contributed by atoms with Crippen LogP contribution in [-0.2, 0) is 0 Å². The first kappa shape index (κ1) is 13.1. The topological polar surface area (TPSA) is 26.3 Å². The Hall–Kier alpha value is -1.39. The van der Waals surface area contributed by atoms with Crippen LogP contribution < -0.4 is 4.74 Å². The number of rotatable bonds is 3. The van der Waals surface area contributed by atoms with Gasteiger partial charge in [-0.2, -0.15) is 0 Å². The van der Waals surface area contributed by atoms with E-state index in [2.05, 4.69) is 15.9 Å². The van der Waals surface area contributed by atoms with Crippen molar-refractivity contribution < 1.29 is 13.9 Å². The molecular weight excluding hydrogens is 322 g/mol. The molecule has 0 aliphatic carbocycles. The molecule has 0 atom stereocenters. The lowest BCUT2D eigenvalue weighted by atomic mass is 10.2. The van der Waals surface area contributed by atoms with Crippen molar-refractivity contribution in [1.29, 1.82) is 0 Å². The van der Waals surface area contributed by atoms with E-state index in [0.29, 0.717) is 21.5 Å². The lowest BCUT2D eigenvalue weighted by molar-refractivity contribution is 0.112. The first-order valence-electron chi connectivity index (χ1n) is 4.98. The Morgan fingerprint density at radius 1 is 1.28 bits per heavy atom. The van der Waals surface area contributed by atoms with E-state index in [-0.39, 0.29) is 11.3 Å². The molecular formula is C13H7BrClFO2. The number of ether oxygens (including phenoxy) is 1. The first-order chi connectivity index (χ1) is 8.61. The van der Waals surface area contributed by atoms with Gasteiger partial charge in [0.25, 0.3) is 0 Å². The van der Waals surface area contributed by atoms with Crippen molar-refractivity contribution in [2.75, 3.05) is 0 Å². The Balaban J connectivity index is 2.42. The van der Waals surface area contributed by atoms with Crippen molar-refractivity contribution in [1.82, 2.24) is 0 Å². The van der Waals surface area contributed by atoms with Crippen LogP contribution in [0.2, 0.25) is 5.02 Å². The van der Waals surface area contributed by atoms with Gasteiger partial charge in [-0.15, -0.1) is 0 Å². The van der Waals surface area contributed by atoms with E-state index in [0.717, 1.165) is 0 Å². The summed E-state index contributed by atoms with van der Waals surface area (Å²) in [5, 5.41) is 0.526. The largest absolute Gasteiger partial charge is 0.452 e. The predicted octanol–water partition coefficient (Wildman–Crippen LogP) is 4.85. The molecule has 0 N–H and O–H groups in total. The molecule has 0 spiro atoms. The van der Waals surface area contributed by atoms with Crippen LogP contribution in [-0.4, -0.2) is 6.29 Å². The third kappa shape index (κ3) is 2.71. The summed E-state index contributed by atoms with van der Waals surface area (Å²) in [5.74, 6) is -0.315. The van der Waals surface area contributed by atoms with Crippen LogP contribution in [0, 0.1) is 5.82 Å². The van der Waals surface area contributed by atoms with E-state index in [4.69, 9.17) is 16.3 Å². The summed E-state index contributed by atoms with van der Waals surface area (Å²) < 4.78 is 19.6. The maximum absolute atomic E-state index is 13.6. The summed E-state index contributed by atoms with van der Waals surface area (Å²) in [5.41, 5.74) is 0.150. The molecule has 0 saturated carbocycles. The van der Waals surface area contributed by atoms with E-state index < -0.39 is 5.82 Å².